The van der Waals surface area contributed by atoms with Crippen LogP contribution in [-0.2, 0) is 9.53 Å². The molecular formula is C25H25N3O6. The third-order valence-electron chi connectivity index (χ3n) is 6.18. The highest BCUT2D eigenvalue weighted by molar-refractivity contribution is 6.22. The number of carbonyl (C=O) groups is 5. The van der Waals surface area contributed by atoms with Gasteiger partial charge in [-0.2, -0.15) is 0 Å². The minimum absolute atomic E-state index is 0.0795. The number of hydrogen-bond acceptors (Lipinski definition) is 6. The Morgan fingerprint density at radius 3 is 2.21 bits per heavy atom. The summed E-state index contributed by atoms with van der Waals surface area (Å²) in [6, 6.07) is 10.1. The van der Waals surface area contributed by atoms with Crippen molar-refractivity contribution in [2.45, 2.75) is 51.2 Å². The van der Waals surface area contributed by atoms with E-state index in [4.69, 9.17) is 10.5 Å². The number of esters is 1. The molecule has 1 fully saturated rings. The standard InChI is InChI=1S/C25H25N3O6/c1-14(22(30)27-17-10-7-15(8-11-17)21(26)29)34-25(33)16-9-12-19-20(13-16)24(32)28(23(19)31)18-5-3-2-4-6-18/h7-14,18H,2-6H2,1H3,(H2,26,29)(H,27,30). The first-order chi connectivity index (χ1) is 16.3. The Bertz CT molecular complexity index is 1170. The van der Waals surface area contributed by atoms with E-state index in [0.29, 0.717) is 11.3 Å². The number of ether oxygens (including phenoxy) is 1. The maximum Gasteiger partial charge on any atom is 0.338 e. The van der Waals surface area contributed by atoms with Gasteiger partial charge in [0.15, 0.2) is 6.10 Å². The summed E-state index contributed by atoms with van der Waals surface area (Å²) >= 11 is 0. The average molecular weight is 463 g/mol. The summed E-state index contributed by atoms with van der Waals surface area (Å²) < 4.78 is 5.26. The molecule has 0 saturated heterocycles. The van der Waals surface area contributed by atoms with Crippen molar-refractivity contribution in [2.24, 2.45) is 5.73 Å². The maximum absolute atomic E-state index is 12.9. The third-order valence-corrected chi connectivity index (χ3v) is 6.18. The van der Waals surface area contributed by atoms with Gasteiger partial charge in [-0.1, -0.05) is 19.3 Å². The highest BCUT2D eigenvalue weighted by atomic mass is 16.5. The van der Waals surface area contributed by atoms with Crippen LogP contribution in [0.2, 0.25) is 0 Å². The van der Waals surface area contributed by atoms with Gasteiger partial charge in [-0.3, -0.25) is 24.1 Å². The van der Waals surface area contributed by atoms with Crippen LogP contribution in [0.25, 0.3) is 0 Å². The molecule has 9 heteroatoms. The molecule has 1 aliphatic carbocycles. The van der Waals surface area contributed by atoms with Gasteiger partial charge in [0.05, 0.1) is 16.7 Å². The van der Waals surface area contributed by atoms with Crippen LogP contribution in [0.1, 0.15) is 80.5 Å². The Hall–Kier alpha value is -4.01. The van der Waals surface area contributed by atoms with Crippen molar-refractivity contribution < 1.29 is 28.7 Å². The molecule has 4 amide bonds. The van der Waals surface area contributed by atoms with Crippen LogP contribution in [-0.4, -0.2) is 46.6 Å². The lowest BCUT2D eigenvalue weighted by atomic mass is 9.94. The molecule has 0 radical (unpaired) electrons. The second-order valence-corrected chi connectivity index (χ2v) is 8.51. The minimum Gasteiger partial charge on any atom is -0.449 e. The zero-order valence-electron chi connectivity index (χ0n) is 18.7. The van der Waals surface area contributed by atoms with Crippen molar-refractivity contribution in [1.82, 2.24) is 4.90 Å². The Morgan fingerprint density at radius 2 is 1.56 bits per heavy atom. The predicted molar refractivity (Wildman–Crippen MR) is 122 cm³/mol. The Labute approximate surface area is 196 Å². The summed E-state index contributed by atoms with van der Waals surface area (Å²) in [5.41, 5.74) is 6.43. The van der Waals surface area contributed by atoms with Gasteiger partial charge in [0.2, 0.25) is 5.91 Å². The molecule has 176 valence electrons. The predicted octanol–water partition coefficient (Wildman–Crippen LogP) is 2.90. The Balaban J connectivity index is 1.41. The van der Waals surface area contributed by atoms with Gasteiger partial charge in [0.1, 0.15) is 0 Å². The minimum atomic E-state index is -1.13. The van der Waals surface area contributed by atoms with E-state index < -0.39 is 29.8 Å². The normalized spacial score (nSPS) is 16.7. The molecule has 1 heterocycles. The van der Waals surface area contributed by atoms with Gasteiger partial charge in [0, 0.05) is 17.3 Å². The number of primary amides is 1. The number of rotatable bonds is 6. The molecule has 2 aromatic carbocycles. The summed E-state index contributed by atoms with van der Waals surface area (Å²) in [4.78, 5) is 63.2. The number of fused-ring (bicyclic) bond motifs is 1. The van der Waals surface area contributed by atoms with E-state index in [1.165, 1.54) is 54.3 Å². The van der Waals surface area contributed by atoms with Gasteiger partial charge in [-0.25, -0.2) is 4.79 Å². The van der Waals surface area contributed by atoms with Crippen LogP contribution >= 0.6 is 0 Å². The fraction of sp³-hybridized carbons (Fsp3) is 0.320. The lowest BCUT2D eigenvalue weighted by Gasteiger charge is -2.29. The lowest BCUT2D eigenvalue weighted by Crippen LogP contribution is -2.40. The second-order valence-electron chi connectivity index (χ2n) is 8.51. The molecule has 9 nitrogen and oxygen atoms in total. The fourth-order valence-electron chi connectivity index (χ4n) is 4.30. The summed E-state index contributed by atoms with van der Waals surface area (Å²) in [6.07, 6.45) is 3.50. The highest BCUT2D eigenvalue weighted by Gasteiger charge is 2.40. The van der Waals surface area contributed by atoms with E-state index in [1.807, 2.05) is 0 Å². The van der Waals surface area contributed by atoms with Gasteiger partial charge < -0.3 is 15.8 Å². The van der Waals surface area contributed by atoms with E-state index in [9.17, 15) is 24.0 Å². The number of benzene rings is 2. The number of nitrogens with zero attached hydrogens (tertiary/aromatic N) is 1. The van der Waals surface area contributed by atoms with Crippen molar-refractivity contribution >= 4 is 35.3 Å². The number of nitrogens with two attached hydrogens (primary N) is 1. The quantitative estimate of drug-likeness (QED) is 0.499. The van der Waals surface area contributed by atoms with Crippen molar-refractivity contribution in [2.75, 3.05) is 5.32 Å². The van der Waals surface area contributed by atoms with Crippen LogP contribution in [0.15, 0.2) is 42.5 Å². The van der Waals surface area contributed by atoms with Gasteiger partial charge >= 0.3 is 5.97 Å². The topological polar surface area (TPSA) is 136 Å². The van der Waals surface area contributed by atoms with Crippen molar-refractivity contribution in [1.29, 1.82) is 0 Å². The summed E-state index contributed by atoms with van der Waals surface area (Å²) in [5, 5.41) is 2.59. The van der Waals surface area contributed by atoms with Gasteiger partial charge in [-0.05, 0) is 62.2 Å². The van der Waals surface area contributed by atoms with Crippen LogP contribution < -0.4 is 11.1 Å². The van der Waals surface area contributed by atoms with Gasteiger partial charge in [0.25, 0.3) is 17.7 Å². The van der Waals surface area contributed by atoms with Crippen LogP contribution in [0.5, 0.6) is 0 Å². The summed E-state index contributed by atoms with van der Waals surface area (Å²) in [7, 11) is 0. The molecule has 1 aliphatic heterocycles. The van der Waals surface area contributed by atoms with Gasteiger partial charge in [-0.15, -0.1) is 0 Å². The first-order valence-corrected chi connectivity index (χ1v) is 11.2. The molecule has 1 unspecified atom stereocenters. The molecular weight excluding hydrogens is 438 g/mol. The maximum atomic E-state index is 12.9. The molecule has 2 aliphatic rings. The third kappa shape index (κ3) is 4.54. The first-order valence-electron chi connectivity index (χ1n) is 11.2. The number of amides is 4. The zero-order valence-corrected chi connectivity index (χ0v) is 18.7. The Kier molecular flexibility index (Phi) is 6.45. The molecule has 0 spiro atoms. The summed E-state index contributed by atoms with van der Waals surface area (Å²) in [6.45, 7) is 1.41. The average Bonchev–Trinajstić information content (AvgIpc) is 3.09. The number of imide groups is 1. The number of carbonyl (C=O) groups excluding carboxylic acids is 5. The number of anilines is 1. The zero-order chi connectivity index (χ0) is 24.4. The molecule has 1 saturated carbocycles. The van der Waals surface area contributed by atoms with Crippen molar-refractivity contribution in [3.05, 3.63) is 64.7 Å². The van der Waals surface area contributed by atoms with Crippen molar-refractivity contribution in [3.63, 3.8) is 0 Å². The van der Waals surface area contributed by atoms with E-state index in [2.05, 4.69) is 5.32 Å². The van der Waals surface area contributed by atoms with E-state index in [1.54, 1.807) is 0 Å². The van der Waals surface area contributed by atoms with Crippen LogP contribution in [0.4, 0.5) is 5.69 Å². The molecule has 2 aromatic rings. The molecule has 0 bridgehead atoms. The lowest BCUT2D eigenvalue weighted by molar-refractivity contribution is -0.123. The molecule has 4 rings (SSSR count). The highest BCUT2D eigenvalue weighted by Crippen LogP contribution is 2.31. The first kappa shape index (κ1) is 23.2. The number of hydrogen-bond donors (Lipinski definition) is 2. The molecule has 1 atom stereocenters. The SMILES string of the molecule is CC(OC(=O)c1ccc2c(c1)C(=O)N(C1CCCCC1)C2=O)C(=O)Nc1ccc(C(N)=O)cc1. The molecule has 3 N–H and O–H groups in total. The Morgan fingerprint density at radius 1 is 0.941 bits per heavy atom. The van der Waals surface area contributed by atoms with Crippen molar-refractivity contribution in [3.8, 4) is 0 Å². The number of nitrogens with one attached hydrogen (secondary N) is 1. The fourth-order valence-corrected chi connectivity index (χ4v) is 4.30. The second kappa shape index (κ2) is 9.46. The van der Waals surface area contributed by atoms with Crippen LogP contribution in [0, 0.1) is 0 Å². The van der Waals surface area contributed by atoms with E-state index >= 15 is 0 Å². The smallest absolute Gasteiger partial charge is 0.338 e. The van der Waals surface area contributed by atoms with Crippen LogP contribution in [0.3, 0.4) is 0 Å². The molecule has 0 aromatic heterocycles. The van der Waals surface area contributed by atoms with E-state index in [0.717, 1.165) is 32.1 Å². The summed E-state index contributed by atoms with van der Waals surface area (Å²) in [5.74, 6) is -2.67. The monoisotopic (exact) mass is 463 g/mol. The van der Waals surface area contributed by atoms with E-state index in [-0.39, 0.29) is 28.6 Å². The molecule has 34 heavy (non-hydrogen) atoms. The largest absolute Gasteiger partial charge is 0.449 e.